The van der Waals surface area contributed by atoms with Crippen LogP contribution < -0.4 is 9.47 Å². The summed E-state index contributed by atoms with van der Waals surface area (Å²) >= 11 is 12.2. The van der Waals surface area contributed by atoms with E-state index in [4.69, 9.17) is 42.3 Å². The molecule has 0 aliphatic carbocycles. The van der Waals surface area contributed by atoms with Crippen molar-refractivity contribution in [2.75, 3.05) is 0 Å². The van der Waals surface area contributed by atoms with E-state index in [1.54, 1.807) is 24.3 Å². The van der Waals surface area contributed by atoms with Crippen molar-refractivity contribution in [3.8, 4) is 28.6 Å². The van der Waals surface area contributed by atoms with Crippen LogP contribution in [0.1, 0.15) is 25.8 Å². The van der Waals surface area contributed by atoms with Crippen molar-refractivity contribution >= 4 is 40.1 Å². The number of benzene rings is 3. The molecule has 0 radical (unpaired) electrons. The van der Waals surface area contributed by atoms with Crippen molar-refractivity contribution in [3.63, 3.8) is 0 Å². The lowest BCUT2D eigenvalue weighted by atomic mass is 9.99. The van der Waals surface area contributed by atoms with Gasteiger partial charge in [0.25, 0.3) is 0 Å². The number of carbonyl (C=O) groups is 1. The van der Waals surface area contributed by atoms with Crippen LogP contribution in [0.5, 0.6) is 17.2 Å². The summed E-state index contributed by atoms with van der Waals surface area (Å²) in [6.07, 6.45) is 0.658. The maximum absolute atomic E-state index is 11.2. The maximum atomic E-state index is 11.2. The van der Waals surface area contributed by atoms with Crippen LogP contribution in [0.2, 0.25) is 10.0 Å². The van der Waals surface area contributed by atoms with Crippen LogP contribution in [0.3, 0.4) is 0 Å². The van der Waals surface area contributed by atoms with Crippen molar-refractivity contribution in [2.24, 2.45) is 0 Å². The Kier molecular flexibility index (Phi) is 6.77. The van der Waals surface area contributed by atoms with E-state index in [0.29, 0.717) is 33.2 Å². The van der Waals surface area contributed by atoms with Gasteiger partial charge < -0.3 is 19.1 Å². The Bertz CT molecular complexity index is 1300. The molecule has 1 atom stereocenters. The average molecular weight is 486 g/mol. The molecule has 1 heterocycles. The SMILES string of the molecule is CCCc1cc(Oc2ccc(Cl)cc2)ccc1-c1onc2cc(Cl)c(O[C@@H](C)C(=O)O)cc12. The predicted molar refractivity (Wildman–Crippen MR) is 128 cm³/mol. The third-order valence-corrected chi connectivity index (χ3v) is 5.62. The lowest BCUT2D eigenvalue weighted by Gasteiger charge is -2.13. The number of nitrogens with zero attached hydrogens (tertiary/aromatic N) is 1. The zero-order valence-electron chi connectivity index (χ0n) is 18.0. The number of aryl methyl sites for hydroxylation is 1. The van der Waals surface area contributed by atoms with Crippen LogP contribution in [-0.4, -0.2) is 22.3 Å². The zero-order valence-corrected chi connectivity index (χ0v) is 19.5. The first kappa shape index (κ1) is 23.0. The fraction of sp³-hybridized carbons (Fsp3) is 0.200. The third-order valence-electron chi connectivity index (χ3n) is 5.07. The van der Waals surface area contributed by atoms with Gasteiger partial charge in [-0.15, -0.1) is 0 Å². The second-order valence-corrected chi connectivity index (χ2v) is 8.38. The van der Waals surface area contributed by atoms with Crippen LogP contribution in [0.15, 0.2) is 59.1 Å². The predicted octanol–water partition coefficient (Wildman–Crippen LogP) is 7.40. The number of carboxylic acids is 1. The topological polar surface area (TPSA) is 81.8 Å². The highest BCUT2D eigenvalue weighted by Crippen LogP contribution is 2.39. The second kappa shape index (κ2) is 9.73. The van der Waals surface area contributed by atoms with Crippen LogP contribution in [0, 0.1) is 0 Å². The van der Waals surface area contributed by atoms with E-state index in [2.05, 4.69) is 12.1 Å². The molecular weight excluding hydrogens is 465 g/mol. The van der Waals surface area contributed by atoms with Gasteiger partial charge in [-0.05, 0) is 73.5 Å². The fourth-order valence-corrected chi connectivity index (χ4v) is 3.77. The normalized spacial score (nSPS) is 12.0. The van der Waals surface area contributed by atoms with Crippen molar-refractivity contribution in [2.45, 2.75) is 32.8 Å². The Labute approximate surface area is 200 Å². The van der Waals surface area contributed by atoms with E-state index >= 15 is 0 Å². The summed E-state index contributed by atoms with van der Waals surface area (Å²) < 4.78 is 17.2. The van der Waals surface area contributed by atoms with E-state index in [1.807, 2.05) is 30.3 Å². The summed E-state index contributed by atoms with van der Waals surface area (Å²) in [4.78, 5) is 11.2. The Morgan fingerprint density at radius 1 is 1.09 bits per heavy atom. The molecule has 6 nitrogen and oxygen atoms in total. The van der Waals surface area contributed by atoms with Crippen LogP contribution >= 0.6 is 23.2 Å². The van der Waals surface area contributed by atoms with E-state index in [1.165, 1.54) is 6.92 Å². The summed E-state index contributed by atoms with van der Waals surface area (Å²) in [5.41, 5.74) is 2.44. The van der Waals surface area contributed by atoms with Crippen molar-refractivity contribution in [1.29, 1.82) is 0 Å². The number of ether oxygens (including phenoxy) is 2. The van der Waals surface area contributed by atoms with Gasteiger partial charge in [-0.3, -0.25) is 0 Å². The smallest absolute Gasteiger partial charge is 0.344 e. The number of rotatable bonds is 8. The minimum absolute atomic E-state index is 0.253. The first-order chi connectivity index (χ1) is 15.9. The molecule has 33 heavy (non-hydrogen) atoms. The molecule has 170 valence electrons. The highest BCUT2D eigenvalue weighted by atomic mass is 35.5. The lowest BCUT2D eigenvalue weighted by molar-refractivity contribution is -0.144. The number of hydrogen-bond donors (Lipinski definition) is 1. The minimum Gasteiger partial charge on any atom is -0.479 e. The van der Waals surface area contributed by atoms with Gasteiger partial charge in [-0.1, -0.05) is 41.7 Å². The van der Waals surface area contributed by atoms with Crippen molar-refractivity contribution < 1.29 is 23.9 Å². The van der Waals surface area contributed by atoms with E-state index in [0.717, 1.165) is 24.0 Å². The molecule has 0 fully saturated rings. The van der Waals surface area contributed by atoms with Gasteiger partial charge in [0.15, 0.2) is 11.9 Å². The monoisotopic (exact) mass is 485 g/mol. The summed E-state index contributed by atoms with van der Waals surface area (Å²) in [6, 6.07) is 16.2. The molecule has 0 unspecified atom stereocenters. The largest absolute Gasteiger partial charge is 0.479 e. The van der Waals surface area contributed by atoms with E-state index in [-0.39, 0.29) is 10.8 Å². The molecule has 0 saturated carbocycles. The molecule has 0 aliphatic heterocycles. The highest BCUT2D eigenvalue weighted by molar-refractivity contribution is 6.33. The molecule has 0 aliphatic rings. The average Bonchev–Trinajstić information content (AvgIpc) is 3.18. The molecule has 0 amide bonds. The fourth-order valence-electron chi connectivity index (χ4n) is 3.44. The molecule has 3 aromatic carbocycles. The summed E-state index contributed by atoms with van der Waals surface area (Å²) in [5, 5.41) is 14.9. The molecule has 0 bridgehead atoms. The van der Waals surface area contributed by atoms with Gasteiger partial charge in [0.05, 0.1) is 10.4 Å². The number of hydrogen-bond acceptors (Lipinski definition) is 5. The van der Waals surface area contributed by atoms with Gasteiger partial charge in [-0.25, -0.2) is 4.79 Å². The Morgan fingerprint density at radius 2 is 1.82 bits per heavy atom. The van der Waals surface area contributed by atoms with E-state index < -0.39 is 12.1 Å². The number of aromatic nitrogens is 1. The quantitative estimate of drug-likeness (QED) is 0.280. The standard InChI is InChI=1S/C25H21Cl2NO5/c1-3-4-15-11-18(32-17-7-5-16(26)6-8-17)9-10-19(15)24-20-12-23(31-14(2)25(29)30)21(27)13-22(20)28-33-24/h5-14H,3-4H2,1-2H3,(H,29,30)/t14-/m0/s1. The van der Waals surface area contributed by atoms with Gasteiger partial charge in [-0.2, -0.15) is 0 Å². The van der Waals surface area contributed by atoms with Gasteiger partial charge in [0.2, 0.25) is 0 Å². The number of aliphatic carboxylic acids is 1. The van der Waals surface area contributed by atoms with Crippen molar-refractivity contribution in [3.05, 3.63) is 70.2 Å². The van der Waals surface area contributed by atoms with Crippen LogP contribution in [0.4, 0.5) is 0 Å². The first-order valence-electron chi connectivity index (χ1n) is 10.4. The molecule has 1 aromatic heterocycles. The molecular formula is C25H21Cl2NO5. The number of carboxylic acid groups (broad SMARTS) is 1. The Morgan fingerprint density at radius 3 is 2.52 bits per heavy atom. The zero-order chi connectivity index (χ0) is 23.5. The minimum atomic E-state index is -1.08. The molecule has 0 saturated heterocycles. The molecule has 1 N–H and O–H groups in total. The molecule has 0 spiro atoms. The highest BCUT2D eigenvalue weighted by Gasteiger charge is 2.20. The van der Waals surface area contributed by atoms with Crippen molar-refractivity contribution in [1.82, 2.24) is 5.16 Å². The first-order valence-corrected chi connectivity index (χ1v) is 11.2. The summed E-state index contributed by atoms with van der Waals surface area (Å²) in [7, 11) is 0. The number of halogens is 2. The molecule has 8 heteroatoms. The lowest BCUT2D eigenvalue weighted by Crippen LogP contribution is -2.22. The summed E-state index contributed by atoms with van der Waals surface area (Å²) in [6.45, 7) is 3.53. The number of fused-ring (bicyclic) bond motifs is 1. The molecule has 4 rings (SSSR count). The van der Waals surface area contributed by atoms with Gasteiger partial charge >= 0.3 is 5.97 Å². The Hall–Kier alpha value is -3.22. The second-order valence-electron chi connectivity index (χ2n) is 7.53. The van der Waals surface area contributed by atoms with Gasteiger partial charge in [0.1, 0.15) is 22.8 Å². The summed E-state index contributed by atoms with van der Waals surface area (Å²) in [5.74, 6) is 1.09. The van der Waals surface area contributed by atoms with Gasteiger partial charge in [0, 0.05) is 10.6 Å². The van der Waals surface area contributed by atoms with Crippen LogP contribution in [-0.2, 0) is 11.2 Å². The van der Waals surface area contributed by atoms with E-state index in [9.17, 15) is 4.79 Å². The maximum Gasteiger partial charge on any atom is 0.344 e. The Balaban J connectivity index is 1.73. The van der Waals surface area contributed by atoms with Crippen LogP contribution in [0.25, 0.3) is 22.2 Å². The molecule has 4 aromatic rings. The third kappa shape index (κ3) is 5.07.